The van der Waals surface area contributed by atoms with E-state index in [1.165, 1.54) is 6.92 Å². The monoisotopic (exact) mass is 414 g/mol. The summed E-state index contributed by atoms with van der Waals surface area (Å²) in [6.07, 6.45) is -0.480. The molecule has 1 amide bonds. The highest BCUT2D eigenvalue weighted by atomic mass is 16.6. The minimum atomic E-state index is -1.85. The fourth-order valence-corrected chi connectivity index (χ4v) is 3.75. The molecular formula is C22H26N2O6. The summed E-state index contributed by atoms with van der Waals surface area (Å²) >= 11 is 0. The van der Waals surface area contributed by atoms with Crippen LogP contribution in [0.1, 0.15) is 47.1 Å². The highest BCUT2D eigenvalue weighted by Crippen LogP contribution is 2.52. The first-order valence-electron chi connectivity index (χ1n) is 9.64. The molecule has 30 heavy (non-hydrogen) atoms. The van der Waals surface area contributed by atoms with E-state index in [9.17, 15) is 14.4 Å². The van der Waals surface area contributed by atoms with E-state index < -0.39 is 35.0 Å². The number of amides is 1. The molecule has 2 aliphatic rings. The van der Waals surface area contributed by atoms with Crippen molar-refractivity contribution in [3.63, 3.8) is 0 Å². The van der Waals surface area contributed by atoms with Crippen molar-refractivity contribution in [1.82, 2.24) is 0 Å². The van der Waals surface area contributed by atoms with E-state index in [1.54, 1.807) is 58.9 Å². The van der Waals surface area contributed by atoms with Crippen molar-refractivity contribution in [1.29, 1.82) is 0 Å². The Morgan fingerprint density at radius 2 is 1.77 bits per heavy atom. The lowest BCUT2D eigenvalue weighted by Gasteiger charge is -2.36. The predicted molar refractivity (Wildman–Crippen MR) is 109 cm³/mol. The zero-order valence-corrected chi connectivity index (χ0v) is 17.9. The summed E-state index contributed by atoms with van der Waals surface area (Å²) in [5.41, 5.74) is 3.92. The van der Waals surface area contributed by atoms with Crippen LogP contribution >= 0.6 is 0 Å². The van der Waals surface area contributed by atoms with Crippen molar-refractivity contribution in [2.45, 2.75) is 58.7 Å². The van der Waals surface area contributed by atoms with Crippen LogP contribution in [0.2, 0.25) is 0 Å². The fraction of sp³-hybridized carbons (Fsp3) is 0.409. The number of allylic oxidation sites excluding steroid dienone is 1. The van der Waals surface area contributed by atoms with Crippen LogP contribution in [-0.2, 0) is 34.0 Å². The van der Waals surface area contributed by atoms with Gasteiger partial charge in [-0.1, -0.05) is 18.2 Å². The van der Waals surface area contributed by atoms with Gasteiger partial charge in [0.25, 0.3) is 0 Å². The van der Waals surface area contributed by atoms with Gasteiger partial charge in [-0.05, 0) is 47.6 Å². The molecular weight excluding hydrogens is 388 g/mol. The van der Waals surface area contributed by atoms with Gasteiger partial charge in [0.15, 0.2) is 0 Å². The molecule has 0 unspecified atom stereocenters. The second-order valence-electron chi connectivity index (χ2n) is 8.48. The Morgan fingerprint density at radius 3 is 2.37 bits per heavy atom. The molecule has 0 radical (unpaired) electrons. The van der Waals surface area contributed by atoms with Gasteiger partial charge in [0, 0.05) is 11.3 Å². The van der Waals surface area contributed by atoms with Gasteiger partial charge in [0.1, 0.15) is 27.9 Å². The van der Waals surface area contributed by atoms with Crippen LogP contribution in [0.4, 0.5) is 5.69 Å². The third-order valence-electron chi connectivity index (χ3n) is 4.68. The first kappa shape index (κ1) is 21.4. The minimum absolute atomic E-state index is 0.0784. The summed E-state index contributed by atoms with van der Waals surface area (Å²) < 4.78 is 16.5. The number of carbonyl (C=O) groups excluding carboxylic acids is 3. The normalized spacial score (nSPS) is 20.8. The van der Waals surface area contributed by atoms with Crippen molar-refractivity contribution >= 4 is 23.5 Å². The Morgan fingerprint density at radius 1 is 1.13 bits per heavy atom. The number of hydrogen-bond acceptors (Lipinski definition) is 7. The molecule has 1 spiro atoms. The van der Waals surface area contributed by atoms with Gasteiger partial charge >= 0.3 is 11.9 Å². The van der Waals surface area contributed by atoms with E-state index >= 15 is 0 Å². The number of nitrogens with one attached hydrogen (secondary N) is 1. The molecule has 1 aromatic carbocycles. The topological polar surface area (TPSA) is 117 Å². The van der Waals surface area contributed by atoms with Crippen molar-refractivity contribution in [2.75, 3.05) is 5.32 Å². The third kappa shape index (κ3) is 3.32. The molecule has 3 rings (SSSR count). The Hall–Kier alpha value is -3.29. The number of esters is 2. The van der Waals surface area contributed by atoms with Gasteiger partial charge in [-0.2, -0.15) is 0 Å². The second-order valence-corrected chi connectivity index (χ2v) is 8.48. The molecule has 2 heterocycles. The van der Waals surface area contributed by atoms with Crippen LogP contribution in [0.5, 0.6) is 0 Å². The number of anilines is 1. The lowest BCUT2D eigenvalue weighted by atomic mass is 9.67. The molecule has 0 saturated heterocycles. The second kappa shape index (κ2) is 7.19. The van der Waals surface area contributed by atoms with Crippen LogP contribution in [0.3, 0.4) is 0 Å². The maximum absolute atomic E-state index is 13.5. The van der Waals surface area contributed by atoms with E-state index in [-0.39, 0.29) is 22.8 Å². The summed E-state index contributed by atoms with van der Waals surface area (Å²) in [5, 5.41) is 2.75. The lowest BCUT2D eigenvalue weighted by Crippen LogP contribution is -2.49. The molecule has 0 bridgehead atoms. The summed E-state index contributed by atoms with van der Waals surface area (Å²) in [4.78, 5) is 39.9. The fourth-order valence-electron chi connectivity index (χ4n) is 3.75. The van der Waals surface area contributed by atoms with Crippen LogP contribution in [0, 0.1) is 0 Å². The van der Waals surface area contributed by atoms with E-state index in [0.717, 1.165) is 0 Å². The van der Waals surface area contributed by atoms with Gasteiger partial charge < -0.3 is 25.3 Å². The van der Waals surface area contributed by atoms with Crippen LogP contribution < -0.4 is 11.1 Å². The van der Waals surface area contributed by atoms with E-state index in [4.69, 9.17) is 19.9 Å². The molecule has 1 atom stereocenters. The number of para-hydroxylation sites is 1. The largest absolute Gasteiger partial charge is 0.459 e. The summed E-state index contributed by atoms with van der Waals surface area (Å²) in [7, 11) is 0. The number of carbonyl (C=O) groups is 3. The quantitative estimate of drug-likeness (QED) is 0.730. The first-order chi connectivity index (χ1) is 13.9. The van der Waals surface area contributed by atoms with Crippen LogP contribution in [-0.4, -0.2) is 29.6 Å². The Labute approximate surface area is 175 Å². The maximum Gasteiger partial charge on any atom is 0.341 e. The van der Waals surface area contributed by atoms with Crippen molar-refractivity contribution in [2.24, 2.45) is 5.73 Å². The maximum atomic E-state index is 13.5. The van der Waals surface area contributed by atoms with Gasteiger partial charge in [-0.15, -0.1) is 0 Å². The van der Waals surface area contributed by atoms with E-state index in [0.29, 0.717) is 11.3 Å². The Balaban J connectivity index is 2.33. The smallest absolute Gasteiger partial charge is 0.341 e. The van der Waals surface area contributed by atoms with Crippen LogP contribution in [0.15, 0.2) is 47.1 Å². The Kier molecular flexibility index (Phi) is 5.14. The molecule has 8 heteroatoms. The molecule has 0 saturated carbocycles. The summed E-state index contributed by atoms with van der Waals surface area (Å²) in [6, 6.07) is 6.79. The molecule has 8 nitrogen and oxygen atoms in total. The highest BCUT2D eigenvalue weighted by Gasteiger charge is 2.62. The molecule has 1 aromatic rings. The van der Waals surface area contributed by atoms with Gasteiger partial charge in [0.05, 0.1) is 6.10 Å². The third-order valence-corrected chi connectivity index (χ3v) is 4.68. The average molecular weight is 414 g/mol. The number of ether oxygens (including phenoxy) is 3. The highest BCUT2D eigenvalue weighted by molar-refractivity contribution is 6.21. The van der Waals surface area contributed by atoms with E-state index in [1.807, 2.05) is 0 Å². The Bertz CT molecular complexity index is 999. The molecule has 0 aromatic heterocycles. The molecule has 0 aliphatic carbocycles. The SMILES string of the molecule is CC1=C(C(=O)OC(C)(C)C)[C@@]2(C(=O)Nc3ccccc32)C(C(=O)OC(C)C)=C(N)O1. The van der Waals surface area contributed by atoms with Crippen molar-refractivity contribution < 1.29 is 28.6 Å². The standard InChI is InChI=1S/C22H26N2O6/c1-11(2)28-18(25)16-17(23)29-12(3)15(19(26)30-21(4,5)6)22(16)13-9-7-8-10-14(13)24-20(22)27/h7-11H,23H2,1-6H3,(H,24,27)/t22-/m1/s1. The van der Waals surface area contributed by atoms with Gasteiger partial charge in [0.2, 0.25) is 11.8 Å². The van der Waals surface area contributed by atoms with E-state index in [2.05, 4.69) is 5.32 Å². The first-order valence-corrected chi connectivity index (χ1v) is 9.64. The average Bonchev–Trinajstić information content (AvgIpc) is 2.85. The molecule has 0 fully saturated rings. The zero-order valence-electron chi connectivity index (χ0n) is 17.9. The predicted octanol–water partition coefficient (Wildman–Crippen LogP) is 2.64. The minimum Gasteiger partial charge on any atom is -0.459 e. The summed E-state index contributed by atoms with van der Waals surface area (Å²) in [6.45, 7) is 9.97. The lowest BCUT2D eigenvalue weighted by molar-refractivity contribution is -0.152. The summed E-state index contributed by atoms with van der Waals surface area (Å²) in [5.74, 6) is -2.45. The zero-order chi connectivity index (χ0) is 22.4. The van der Waals surface area contributed by atoms with Gasteiger partial charge in [-0.3, -0.25) is 4.79 Å². The van der Waals surface area contributed by atoms with Crippen molar-refractivity contribution in [3.8, 4) is 0 Å². The van der Waals surface area contributed by atoms with Gasteiger partial charge in [-0.25, -0.2) is 9.59 Å². The number of rotatable bonds is 3. The number of nitrogens with two attached hydrogens (primary N) is 1. The van der Waals surface area contributed by atoms with Crippen molar-refractivity contribution in [3.05, 3.63) is 52.6 Å². The number of fused-ring (bicyclic) bond motifs is 2. The molecule has 3 N–H and O–H groups in total. The molecule has 2 aliphatic heterocycles. The molecule has 160 valence electrons. The number of hydrogen-bond donors (Lipinski definition) is 2. The van der Waals surface area contributed by atoms with Crippen LogP contribution in [0.25, 0.3) is 0 Å². The number of benzene rings is 1.